The first-order valence-corrected chi connectivity index (χ1v) is 5.27. The van der Waals surface area contributed by atoms with Crippen molar-refractivity contribution in [2.45, 2.75) is 13.3 Å². The molecule has 1 atom stereocenters. The predicted molar refractivity (Wildman–Crippen MR) is 59.6 cm³/mol. The first-order valence-electron chi connectivity index (χ1n) is 5.27. The maximum Gasteiger partial charge on any atom is 0.192 e. The fraction of sp³-hybridized carbons (Fsp3) is 0.333. The number of aromatic nitrogens is 1. The van der Waals surface area contributed by atoms with E-state index in [2.05, 4.69) is 23.3 Å². The van der Waals surface area contributed by atoms with E-state index >= 15 is 0 Å². The Morgan fingerprint density at radius 1 is 1.33 bits per heavy atom. The third kappa shape index (κ3) is 1.39. The number of H-pyrrole nitrogens is 1. The second kappa shape index (κ2) is 2.99. The van der Waals surface area contributed by atoms with Gasteiger partial charge in [0, 0.05) is 29.2 Å². The molecule has 1 aliphatic heterocycles. The van der Waals surface area contributed by atoms with Crippen molar-refractivity contribution >= 4 is 16.6 Å². The molecule has 15 heavy (non-hydrogen) atoms. The Morgan fingerprint density at radius 3 is 3.07 bits per heavy atom. The van der Waals surface area contributed by atoms with Crippen LogP contribution in [0.3, 0.4) is 0 Å². The SMILES string of the molecule is CC1CNc2cc3cc(F)[nH]c3cc2C1. The lowest BCUT2D eigenvalue weighted by Crippen LogP contribution is -2.20. The zero-order chi connectivity index (χ0) is 10.4. The van der Waals surface area contributed by atoms with Crippen molar-refractivity contribution in [2.24, 2.45) is 5.92 Å². The van der Waals surface area contributed by atoms with E-state index in [4.69, 9.17) is 0 Å². The van der Waals surface area contributed by atoms with Crippen molar-refractivity contribution in [3.8, 4) is 0 Å². The van der Waals surface area contributed by atoms with Gasteiger partial charge in [0.05, 0.1) is 0 Å². The molecule has 0 bridgehead atoms. The van der Waals surface area contributed by atoms with E-state index < -0.39 is 0 Å². The topological polar surface area (TPSA) is 27.8 Å². The summed E-state index contributed by atoms with van der Waals surface area (Å²) in [5, 5.41) is 4.32. The van der Waals surface area contributed by atoms with Crippen molar-refractivity contribution in [3.05, 3.63) is 29.7 Å². The minimum absolute atomic E-state index is 0.264. The van der Waals surface area contributed by atoms with Crippen LogP contribution in [0.1, 0.15) is 12.5 Å². The van der Waals surface area contributed by atoms with E-state index in [-0.39, 0.29) is 5.95 Å². The Balaban J connectivity index is 2.19. The van der Waals surface area contributed by atoms with Crippen LogP contribution < -0.4 is 5.32 Å². The highest BCUT2D eigenvalue weighted by Gasteiger charge is 2.15. The zero-order valence-corrected chi connectivity index (χ0v) is 8.60. The summed E-state index contributed by atoms with van der Waals surface area (Å²) < 4.78 is 13.0. The van der Waals surface area contributed by atoms with Gasteiger partial charge in [-0.1, -0.05) is 6.92 Å². The van der Waals surface area contributed by atoms with E-state index in [1.54, 1.807) is 0 Å². The molecule has 1 aliphatic rings. The summed E-state index contributed by atoms with van der Waals surface area (Å²) >= 11 is 0. The van der Waals surface area contributed by atoms with E-state index in [0.29, 0.717) is 5.92 Å². The maximum atomic E-state index is 13.0. The molecule has 0 saturated carbocycles. The molecule has 3 rings (SSSR count). The largest absolute Gasteiger partial charge is 0.385 e. The lowest BCUT2D eigenvalue weighted by molar-refractivity contribution is 0.593. The molecule has 2 N–H and O–H groups in total. The van der Waals surface area contributed by atoms with Crippen LogP contribution >= 0.6 is 0 Å². The van der Waals surface area contributed by atoms with Gasteiger partial charge in [0.25, 0.3) is 0 Å². The third-order valence-electron chi connectivity index (χ3n) is 3.02. The van der Waals surface area contributed by atoms with Gasteiger partial charge >= 0.3 is 0 Å². The summed E-state index contributed by atoms with van der Waals surface area (Å²) in [6.07, 6.45) is 1.07. The molecule has 2 heterocycles. The summed E-state index contributed by atoms with van der Waals surface area (Å²) in [7, 11) is 0. The molecule has 0 amide bonds. The lowest BCUT2D eigenvalue weighted by Gasteiger charge is -2.23. The average Bonchev–Trinajstić information content (AvgIpc) is 2.53. The molecule has 2 aromatic rings. The van der Waals surface area contributed by atoms with Gasteiger partial charge in [0.2, 0.25) is 0 Å². The molecule has 0 radical (unpaired) electrons. The van der Waals surface area contributed by atoms with Crippen molar-refractivity contribution < 1.29 is 4.39 Å². The van der Waals surface area contributed by atoms with Crippen LogP contribution in [-0.2, 0) is 6.42 Å². The van der Waals surface area contributed by atoms with E-state index in [1.165, 1.54) is 11.6 Å². The Bertz CT molecular complexity index is 516. The maximum absolute atomic E-state index is 13.0. The minimum atomic E-state index is -0.264. The van der Waals surface area contributed by atoms with Gasteiger partial charge in [-0.3, -0.25) is 0 Å². The number of hydrogen-bond acceptors (Lipinski definition) is 1. The number of benzene rings is 1. The smallest absolute Gasteiger partial charge is 0.192 e. The summed E-state index contributed by atoms with van der Waals surface area (Å²) in [6.45, 7) is 3.22. The number of aromatic amines is 1. The van der Waals surface area contributed by atoms with Crippen molar-refractivity contribution in [1.82, 2.24) is 4.98 Å². The number of rotatable bonds is 0. The molecular formula is C12H13FN2. The van der Waals surface area contributed by atoms with Gasteiger partial charge < -0.3 is 10.3 Å². The van der Waals surface area contributed by atoms with Gasteiger partial charge in [-0.15, -0.1) is 0 Å². The quantitative estimate of drug-likeness (QED) is 0.678. The molecule has 0 saturated heterocycles. The first kappa shape index (κ1) is 8.77. The number of anilines is 1. The minimum Gasteiger partial charge on any atom is -0.385 e. The number of nitrogens with one attached hydrogen (secondary N) is 2. The average molecular weight is 204 g/mol. The normalized spacial score (nSPS) is 20.0. The second-order valence-electron chi connectivity index (χ2n) is 4.40. The van der Waals surface area contributed by atoms with E-state index in [1.807, 2.05) is 6.07 Å². The molecule has 0 aliphatic carbocycles. The Hall–Kier alpha value is -1.51. The molecule has 1 unspecified atom stereocenters. The molecule has 78 valence electrons. The fourth-order valence-corrected chi connectivity index (χ4v) is 2.26. The second-order valence-corrected chi connectivity index (χ2v) is 4.40. The van der Waals surface area contributed by atoms with Crippen LogP contribution in [0.5, 0.6) is 0 Å². The highest BCUT2D eigenvalue weighted by atomic mass is 19.1. The van der Waals surface area contributed by atoms with Crippen LogP contribution in [0, 0.1) is 11.9 Å². The van der Waals surface area contributed by atoms with Gasteiger partial charge in [-0.05, 0) is 30.0 Å². The lowest BCUT2D eigenvalue weighted by atomic mass is 9.95. The highest BCUT2D eigenvalue weighted by Crippen LogP contribution is 2.29. The van der Waals surface area contributed by atoms with Gasteiger partial charge in [0.15, 0.2) is 5.95 Å². The first-order chi connectivity index (χ1) is 7.22. The monoisotopic (exact) mass is 204 g/mol. The van der Waals surface area contributed by atoms with Crippen LogP contribution in [0.25, 0.3) is 10.9 Å². The summed E-state index contributed by atoms with van der Waals surface area (Å²) in [4.78, 5) is 2.73. The van der Waals surface area contributed by atoms with Crippen LogP contribution in [0.2, 0.25) is 0 Å². The van der Waals surface area contributed by atoms with Gasteiger partial charge in [-0.25, -0.2) is 0 Å². The third-order valence-corrected chi connectivity index (χ3v) is 3.02. The Morgan fingerprint density at radius 2 is 2.20 bits per heavy atom. The fourth-order valence-electron chi connectivity index (χ4n) is 2.26. The molecule has 3 heteroatoms. The van der Waals surface area contributed by atoms with E-state index in [9.17, 15) is 4.39 Å². The Kier molecular flexibility index (Phi) is 1.75. The molecule has 0 spiro atoms. The van der Waals surface area contributed by atoms with Crippen LogP contribution in [-0.4, -0.2) is 11.5 Å². The predicted octanol–water partition coefficient (Wildman–Crippen LogP) is 2.91. The highest BCUT2D eigenvalue weighted by molar-refractivity contribution is 5.85. The Labute approximate surface area is 87.5 Å². The standard InChI is InChI=1S/C12H13FN2/c1-7-2-8-4-11-9(5-12(13)15-11)3-10(8)14-6-7/h3-5,7,14-15H,2,6H2,1H3. The number of halogens is 1. The zero-order valence-electron chi connectivity index (χ0n) is 8.60. The summed E-state index contributed by atoms with van der Waals surface area (Å²) in [5.41, 5.74) is 3.32. The summed E-state index contributed by atoms with van der Waals surface area (Å²) in [5.74, 6) is 0.384. The van der Waals surface area contributed by atoms with Crippen LogP contribution in [0.15, 0.2) is 18.2 Å². The van der Waals surface area contributed by atoms with Gasteiger partial charge in [-0.2, -0.15) is 4.39 Å². The molecule has 0 fully saturated rings. The van der Waals surface area contributed by atoms with Crippen molar-refractivity contribution in [1.29, 1.82) is 0 Å². The number of fused-ring (bicyclic) bond motifs is 2. The number of hydrogen-bond donors (Lipinski definition) is 2. The summed E-state index contributed by atoms with van der Waals surface area (Å²) in [6, 6.07) is 5.61. The van der Waals surface area contributed by atoms with E-state index in [0.717, 1.165) is 29.6 Å². The molecule has 1 aromatic heterocycles. The van der Waals surface area contributed by atoms with Crippen molar-refractivity contribution in [3.63, 3.8) is 0 Å². The van der Waals surface area contributed by atoms with Crippen LogP contribution in [0.4, 0.5) is 10.1 Å². The molecular weight excluding hydrogens is 191 g/mol. The van der Waals surface area contributed by atoms with Gasteiger partial charge in [0.1, 0.15) is 0 Å². The molecule has 2 nitrogen and oxygen atoms in total. The molecule has 1 aromatic carbocycles. The van der Waals surface area contributed by atoms with Crippen molar-refractivity contribution in [2.75, 3.05) is 11.9 Å².